The zero-order valence-corrected chi connectivity index (χ0v) is 11.2. The van der Waals surface area contributed by atoms with E-state index >= 15 is 0 Å². The van der Waals surface area contributed by atoms with Crippen molar-refractivity contribution >= 4 is 21.8 Å². The molecule has 3 nitrogen and oxygen atoms in total. The average molecular weight is 285 g/mol. The monoisotopic (exact) mass is 284 g/mol. The number of halogens is 1. The first-order valence-corrected chi connectivity index (χ1v) is 6.13. The minimum Gasteiger partial charge on any atom is -0.359 e. The standard InChI is InChI=1S/C12H17BrN2O/c1-9(15-8-7-12(16)14-2)10-5-3-4-6-11(10)13/h3-6,9,15H,7-8H2,1-2H3,(H,14,16)/t9-/m1/s1. The third kappa shape index (κ3) is 3.94. The number of hydrogen-bond donors (Lipinski definition) is 2. The molecule has 0 radical (unpaired) electrons. The third-order valence-corrected chi connectivity index (χ3v) is 3.18. The van der Waals surface area contributed by atoms with Gasteiger partial charge in [-0.3, -0.25) is 4.79 Å². The first-order valence-electron chi connectivity index (χ1n) is 5.33. The lowest BCUT2D eigenvalue weighted by Gasteiger charge is -2.15. The molecule has 88 valence electrons. The van der Waals surface area contributed by atoms with Crippen LogP contribution in [0.5, 0.6) is 0 Å². The number of hydrogen-bond acceptors (Lipinski definition) is 2. The highest BCUT2D eigenvalue weighted by molar-refractivity contribution is 9.10. The van der Waals surface area contributed by atoms with Crippen molar-refractivity contribution in [2.45, 2.75) is 19.4 Å². The van der Waals surface area contributed by atoms with E-state index in [1.165, 1.54) is 5.56 Å². The molecule has 2 N–H and O–H groups in total. The fraction of sp³-hybridized carbons (Fsp3) is 0.417. The van der Waals surface area contributed by atoms with Crippen LogP contribution in [0.15, 0.2) is 28.7 Å². The summed E-state index contributed by atoms with van der Waals surface area (Å²) in [6, 6.07) is 8.33. The molecule has 0 fully saturated rings. The van der Waals surface area contributed by atoms with E-state index in [0.717, 1.165) is 4.47 Å². The second kappa shape index (κ2) is 6.66. The Morgan fingerprint density at radius 1 is 1.44 bits per heavy atom. The molecule has 4 heteroatoms. The summed E-state index contributed by atoms with van der Waals surface area (Å²) in [6.45, 7) is 2.77. The van der Waals surface area contributed by atoms with Crippen LogP contribution >= 0.6 is 15.9 Å². The maximum absolute atomic E-state index is 11.0. The molecule has 1 atom stereocenters. The van der Waals surface area contributed by atoms with E-state index in [9.17, 15) is 4.79 Å². The SMILES string of the molecule is CNC(=O)CCN[C@H](C)c1ccccc1Br. The normalized spacial score (nSPS) is 12.2. The first-order chi connectivity index (χ1) is 7.65. The summed E-state index contributed by atoms with van der Waals surface area (Å²) >= 11 is 3.51. The van der Waals surface area contributed by atoms with Crippen molar-refractivity contribution in [1.29, 1.82) is 0 Å². The Kier molecular flexibility index (Phi) is 5.49. The molecule has 0 saturated heterocycles. The molecule has 0 aromatic heterocycles. The van der Waals surface area contributed by atoms with Crippen molar-refractivity contribution in [2.75, 3.05) is 13.6 Å². The Balaban J connectivity index is 2.44. The van der Waals surface area contributed by atoms with Gasteiger partial charge in [0.25, 0.3) is 0 Å². The molecule has 0 heterocycles. The summed E-state index contributed by atoms with van der Waals surface area (Å²) in [5.41, 5.74) is 1.21. The van der Waals surface area contributed by atoms with Gasteiger partial charge >= 0.3 is 0 Å². The Hall–Kier alpha value is -0.870. The van der Waals surface area contributed by atoms with Gasteiger partial charge in [0.15, 0.2) is 0 Å². The van der Waals surface area contributed by atoms with Crippen LogP contribution in [0.4, 0.5) is 0 Å². The van der Waals surface area contributed by atoms with Crippen LogP contribution in [-0.4, -0.2) is 19.5 Å². The maximum Gasteiger partial charge on any atom is 0.221 e. The third-order valence-electron chi connectivity index (χ3n) is 2.45. The van der Waals surface area contributed by atoms with E-state index in [-0.39, 0.29) is 11.9 Å². The minimum atomic E-state index is 0.0619. The smallest absolute Gasteiger partial charge is 0.221 e. The van der Waals surface area contributed by atoms with Gasteiger partial charge in [0.1, 0.15) is 0 Å². The van der Waals surface area contributed by atoms with E-state index in [1.807, 2.05) is 18.2 Å². The van der Waals surface area contributed by atoms with Crippen LogP contribution in [0.1, 0.15) is 24.9 Å². The van der Waals surface area contributed by atoms with Crippen LogP contribution in [0.25, 0.3) is 0 Å². The van der Waals surface area contributed by atoms with E-state index in [1.54, 1.807) is 7.05 Å². The summed E-state index contributed by atoms with van der Waals surface area (Å²) in [6.07, 6.45) is 0.505. The molecule has 1 aromatic rings. The quantitative estimate of drug-likeness (QED) is 0.871. The average Bonchev–Trinajstić information content (AvgIpc) is 2.29. The van der Waals surface area contributed by atoms with Crippen molar-refractivity contribution < 1.29 is 4.79 Å². The highest BCUT2D eigenvalue weighted by Gasteiger charge is 2.08. The Bertz CT molecular complexity index is 355. The van der Waals surface area contributed by atoms with Gasteiger partial charge in [-0.05, 0) is 18.6 Å². The number of carbonyl (C=O) groups is 1. The van der Waals surface area contributed by atoms with Crippen LogP contribution in [0.2, 0.25) is 0 Å². The van der Waals surface area contributed by atoms with Gasteiger partial charge in [-0.2, -0.15) is 0 Å². The Morgan fingerprint density at radius 2 is 2.12 bits per heavy atom. The topological polar surface area (TPSA) is 41.1 Å². The van der Waals surface area contributed by atoms with Crippen LogP contribution in [0.3, 0.4) is 0 Å². The van der Waals surface area contributed by atoms with Gasteiger partial charge in [-0.25, -0.2) is 0 Å². The molecule has 0 bridgehead atoms. The van der Waals surface area contributed by atoms with Crippen molar-refractivity contribution in [3.05, 3.63) is 34.3 Å². The second-order valence-electron chi connectivity index (χ2n) is 3.62. The summed E-state index contributed by atoms with van der Waals surface area (Å²) in [7, 11) is 1.65. The summed E-state index contributed by atoms with van der Waals surface area (Å²) < 4.78 is 1.09. The molecule has 1 amide bonds. The van der Waals surface area contributed by atoms with Crippen molar-refractivity contribution in [2.24, 2.45) is 0 Å². The lowest BCUT2D eigenvalue weighted by atomic mass is 10.1. The Morgan fingerprint density at radius 3 is 2.75 bits per heavy atom. The van der Waals surface area contributed by atoms with Crippen LogP contribution in [0, 0.1) is 0 Å². The number of rotatable bonds is 5. The van der Waals surface area contributed by atoms with Gasteiger partial charge in [0.2, 0.25) is 5.91 Å². The lowest BCUT2D eigenvalue weighted by molar-refractivity contribution is -0.120. The summed E-state index contributed by atoms with van der Waals surface area (Å²) in [5, 5.41) is 5.92. The second-order valence-corrected chi connectivity index (χ2v) is 4.47. The fourth-order valence-corrected chi connectivity index (χ4v) is 2.09. The molecule has 0 aliphatic carbocycles. The highest BCUT2D eigenvalue weighted by Crippen LogP contribution is 2.22. The van der Waals surface area contributed by atoms with Crippen LogP contribution < -0.4 is 10.6 Å². The molecule has 0 saturated carbocycles. The number of amides is 1. The molecule has 0 aliphatic heterocycles. The summed E-state index contributed by atoms with van der Waals surface area (Å²) in [5.74, 6) is 0.0619. The van der Waals surface area contributed by atoms with E-state index in [2.05, 4.69) is 39.6 Å². The van der Waals surface area contributed by atoms with Gasteiger partial charge in [0.05, 0.1) is 0 Å². The molecular formula is C12H17BrN2O. The van der Waals surface area contributed by atoms with Crippen LogP contribution in [-0.2, 0) is 4.79 Å². The predicted molar refractivity (Wildman–Crippen MR) is 69.2 cm³/mol. The number of nitrogens with one attached hydrogen (secondary N) is 2. The molecule has 16 heavy (non-hydrogen) atoms. The van der Waals surface area contributed by atoms with Gasteiger partial charge < -0.3 is 10.6 Å². The largest absolute Gasteiger partial charge is 0.359 e. The zero-order chi connectivity index (χ0) is 12.0. The zero-order valence-electron chi connectivity index (χ0n) is 9.59. The van der Waals surface area contributed by atoms with Gasteiger partial charge in [-0.15, -0.1) is 0 Å². The molecule has 1 aromatic carbocycles. The van der Waals surface area contributed by atoms with E-state index in [4.69, 9.17) is 0 Å². The fourth-order valence-electron chi connectivity index (χ4n) is 1.46. The number of carbonyl (C=O) groups excluding carboxylic acids is 1. The maximum atomic E-state index is 11.0. The predicted octanol–water partition coefficient (Wildman–Crippen LogP) is 2.24. The minimum absolute atomic E-state index is 0.0619. The molecular weight excluding hydrogens is 268 g/mol. The van der Waals surface area contributed by atoms with Crippen molar-refractivity contribution in [1.82, 2.24) is 10.6 Å². The van der Waals surface area contributed by atoms with Gasteiger partial charge in [0, 0.05) is 30.5 Å². The first kappa shape index (κ1) is 13.2. The summed E-state index contributed by atoms with van der Waals surface area (Å²) in [4.78, 5) is 11.0. The van der Waals surface area contributed by atoms with E-state index in [0.29, 0.717) is 13.0 Å². The van der Waals surface area contributed by atoms with E-state index < -0.39 is 0 Å². The van der Waals surface area contributed by atoms with Crippen molar-refractivity contribution in [3.8, 4) is 0 Å². The molecule has 0 unspecified atom stereocenters. The number of benzene rings is 1. The Labute approximate surface area is 105 Å². The molecule has 0 aliphatic rings. The molecule has 0 spiro atoms. The lowest BCUT2D eigenvalue weighted by Crippen LogP contribution is -2.26. The van der Waals surface area contributed by atoms with Crippen molar-refractivity contribution in [3.63, 3.8) is 0 Å². The highest BCUT2D eigenvalue weighted by atomic mass is 79.9. The molecule has 1 rings (SSSR count). The van der Waals surface area contributed by atoms with Gasteiger partial charge in [-0.1, -0.05) is 34.1 Å².